The highest BCUT2D eigenvalue weighted by atomic mass is 19.4. The fourth-order valence-corrected chi connectivity index (χ4v) is 1.71. The summed E-state index contributed by atoms with van der Waals surface area (Å²) in [6.07, 6.45) is -2.93. The fourth-order valence-electron chi connectivity index (χ4n) is 1.71. The van der Waals surface area contributed by atoms with Gasteiger partial charge >= 0.3 is 6.18 Å². The van der Waals surface area contributed by atoms with Gasteiger partial charge in [0.15, 0.2) is 0 Å². The third-order valence-corrected chi connectivity index (χ3v) is 2.78. The molecule has 118 valence electrons. The van der Waals surface area contributed by atoms with E-state index in [1.165, 1.54) is 0 Å². The van der Waals surface area contributed by atoms with Gasteiger partial charge in [-0.15, -0.1) is 0 Å². The van der Waals surface area contributed by atoms with Crippen molar-refractivity contribution in [3.8, 4) is 0 Å². The van der Waals surface area contributed by atoms with Crippen LogP contribution in [0, 0.1) is 0 Å². The van der Waals surface area contributed by atoms with Crippen molar-refractivity contribution in [2.45, 2.75) is 19.0 Å². The number of aromatic nitrogens is 1. The summed E-state index contributed by atoms with van der Waals surface area (Å²) in [5.74, 6) is -0.936. The van der Waals surface area contributed by atoms with Gasteiger partial charge in [0.1, 0.15) is 11.5 Å². The number of anilines is 1. The molecule has 1 aromatic heterocycles. The van der Waals surface area contributed by atoms with E-state index in [0.29, 0.717) is 6.54 Å². The Hall–Kier alpha value is -1.83. The van der Waals surface area contributed by atoms with Gasteiger partial charge in [0.2, 0.25) is 0 Å². The minimum Gasteiger partial charge on any atom is -0.369 e. The predicted molar refractivity (Wildman–Crippen MR) is 74.0 cm³/mol. The molecule has 0 saturated heterocycles. The maximum Gasteiger partial charge on any atom is 0.433 e. The first-order chi connectivity index (χ1) is 9.71. The van der Waals surface area contributed by atoms with Gasteiger partial charge in [-0.2, -0.15) is 13.2 Å². The number of hydrogen-bond acceptors (Lipinski definition) is 4. The maximum absolute atomic E-state index is 12.6. The van der Waals surface area contributed by atoms with Crippen LogP contribution in [0.1, 0.15) is 28.9 Å². The summed E-state index contributed by atoms with van der Waals surface area (Å²) in [5.41, 5.74) is 4.04. The number of alkyl halides is 3. The molecule has 0 fully saturated rings. The molecule has 0 atom stereocenters. The Kier molecular flexibility index (Phi) is 5.95. The highest BCUT2D eigenvalue weighted by Gasteiger charge is 2.33. The van der Waals surface area contributed by atoms with Crippen molar-refractivity contribution in [3.63, 3.8) is 0 Å². The second-order valence-electron chi connectivity index (χ2n) is 4.89. The van der Waals surface area contributed by atoms with Crippen LogP contribution in [-0.2, 0) is 6.18 Å². The van der Waals surface area contributed by atoms with Gasteiger partial charge in [-0.3, -0.25) is 4.79 Å². The number of hydrogen-bond donors (Lipinski definition) is 2. The quantitative estimate of drug-likeness (QED) is 0.755. The second kappa shape index (κ2) is 7.26. The van der Waals surface area contributed by atoms with Crippen LogP contribution in [0.2, 0.25) is 0 Å². The lowest BCUT2D eigenvalue weighted by molar-refractivity contribution is -0.141. The van der Waals surface area contributed by atoms with Gasteiger partial charge < -0.3 is 16.0 Å². The van der Waals surface area contributed by atoms with Crippen molar-refractivity contribution < 1.29 is 18.0 Å². The summed E-state index contributed by atoms with van der Waals surface area (Å²) in [5, 5.41) is 2.75. The molecule has 0 saturated carbocycles. The lowest BCUT2D eigenvalue weighted by Gasteiger charge is -2.13. The lowest BCUT2D eigenvalue weighted by atomic mass is 10.2. The third-order valence-electron chi connectivity index (χ3n) is 2.78. The van der Waals surface area contributed by atoms with Crippen molar-refractivity contribution >= 4 is 11.7 Å². The summed E-state index contributed by atoms with van der Waals surface area (Å²) in [7, 11) is 3.87. The van der Waals surface area contributed by atoms with E-state index in [0.717, 1.165) is 31.5 Å². The largest absolute Gasteiger partial charge is 0.433 e. The van der Waals surface area contributed by atoms with Crippen LogP contribution in [0.3, 0.4) is 0 Å². The molecular formula is C13H19F3N4O. The van der Waals surface area contributed by atoms with Gasteiger partial charge in [0.05, 0.1) is 5.56 Å². The molecule has 0 aromatic carbocycles. The third kappa shape index (κ3) is 5.58. The van der Waals surface area contributed by atoms with Crippen molar-refractivity contribution in [1.29, 1.82) is 0 Å². The number of primary amides is 1. The highest BCUT2D eigenvalue weighted by Crippen LogP contribution is 2.29. The standard InChI is InChI=1S/C13H19F3N4O/c1-20(2)8-4-3-7-18-12-9(11(17)21)5-6-10(19-12)13(14,15)16/h5-6H,3-4,7-8H2,1-2H3,(H2,17,21)(H,18,19). The maximum atomic E-state index is 12.6. The molecule has 0 radical (unpaired) electrons. The molecule has 0 unspecified atom stereocenters. The second-order valence-corrected chi connectivity index (χ2v) is 4.89. The van der Waals surface area contributed by atoms with Crippen molar-refractivity contribution in [3.05, 3.63) is 23.4 Å². The number of carbonyl (C=O) groups is 1. The Morgan fingerprint density at radius 2 is 2.00 bits per heavy atom. The molecule has 8 heteroatoms. The number of rotatable bonds is 7. The summed E-state index contributed by atoms with van der Waals surface area (Å²) in [6, 6.07) is 1.79. The van der Waals surface area contributed by atoms with Crippen LogP contribution in [0.15, 0.2) is 12.1 Å². The zero-order valence-corrected chi connectivity index (χ0v) is 12.0. The van der Waals surface area contributed by atoms with E-state index in [-0.39, 0.29) is 11.4 Å². The molecule has 0 spiro atoms. The molecule has 21 heavy (non-hydrogen) atoms. The summed E-state index contributed by atoms with van der Waals surface area (Å²) in [6.45, 7) is 1.29. The van der Waals surface area contributed by atoms with E-state index in [9.17, 15) is 18.0 Å². The van der Waals surface area contributed by atoms with Crippen LogP contribution in [0.25, 0.3) is 0 Å². The van der Waals surface area contributed by atoms with Gasteiger partial charge in [-0.25, -0.2) is 4.98 Å². The Labute approximate surface area is 121 Å². The van der Waals surface area contributed by atoms with Crippen LogP contribution >= 0.6 is 0 Å². The Morgan fingerprint density at radius 3 is 2.52 bits per heavy atom. The van der Waals surface area contributed by atoms with Crippen molar-refractivity contribution in [1.82, 2.24) is 9.88 Å². The first-order valence-electron chi connectivity index (χ1n) is 6.48. The van der Waals surface area contributed by atoms with Crippen LogP contribution < -0.4 is 11.1 Å². The molecule has 1 amide bonds. The smallest absolute Gasteiger partial charge is 0.369 e. The topological polar surface area (TPSA) is 71.2 Å². The Bertz CT molecular complexity index is 489. The number of nitrogens with zero attached hydrogens (tertiary/aromatic N) is 2. The Balaban J connectivity index is 2.75. The summed E-state index contributed by atoms with van der Waals surface area (Å²) in [4.78, 5) is 16.7. The van der Waals surface area contributed by atoms with Crippen molar-refractivity contribution in [2.75, 3.05) is 32.5 Å². The monoisotopic (exact) mass is 304 g/mol. The molecule has 1 heterocycles. The van der Waals surface area contributed by atoms with E-state index < -0.39 is 17.8 Å². The van der Waals surface area contributed by atoms with E-state index in [2.05, 4.69) is 10.3 Å². The molecule has 3 N–H and O–H groups in total. The first kappa shape index (κ1) is 17.2. The molecule has 1 aromatic rings. The average molecular weight is 304 g/mol. The molecular weight excluding hydrogens is 285 g/mol. The normalized spacial score (nSPS) is 11.7. The number of pyridine rings is 1. The SMILES string of the molecule is CN(C)CCCCNc1nc(C(F)(F)F)ccc1C(N)=O. The summed E-state index contributed by atoms with van der Waals surface area (Å²) >= 11 is 0. The van der Waals surface area contributed by atoms with E-state index in [1.807, 2.05) is 19.0 Å². The molecule has 0 aliphatic rings. The Morgan fingerprint density at radius 1 is 1.33 bits per heavy atom. The average Bonchev–Trinajstić information content (AvgIpc) is 2.36. The van der Waals surface area contributed by atoms with Gasteiger partial charge in [-0.05, 0) is 45.6 Å². The molecule has 0 bridgehead atoms. The van der Waals surface area contributed by atoms with E-state index >= 15 is 0 Å². The van der Waals surface area contributed by atoms with Gasteiger partial charge in [0.25, 0.3) is 5.91 Å². The zero-order chi connectivity index (χ0) is 16.0. The number of amides is 1. The number of nitrogens with two attached hydrogens (primary N) is 1. The number of nitrogens with one attached hydrogen (secondary N) is 1. The van der Waals surface area contributed by atoms with Crippen LogP contribution in [0.5, 0.6) is 0 Å². The van der Waals surface area contributed by atoms with Gasteiger partial charge in [-0.1, -0.05) is 0 Å². The highest BCUT2D eigenvalue weighted by molar-refractivity contribution is 5.97. The van der Waals surface area contributed by atoms with Crippen molar-refractivity contribution in [2.24, 2.45) is 5.73 Å². The minimum atomic E-state index is -4.56. The van der Waals surface area contributed by atoms with Crippen LogP contribution in [-0.4, -0.2) is 43.0 Å². The number of unbranched alkanes of at least 4 members (excludes halogenated alkanes) is 1. The molecule has 0 aliphatic heterocycles. The number of halogens is 3. The predicted octanol–water partition coefficient (Wildman–Crippen LogP) is 1.95. The number of carbonyl (C=O) groups excluding carboxylic acids is 1. The zero-order valence-electron chi connectivity index (χ0n) is 12.0. The minimum absolute atomic E-state index is 0.0457. The van der Waals surface area contributed by atoms with E-state index in [4.69, 9.17) is 5.73 Å². The summed E-state index contributed by atoms with van der Waals surface area (Å²) < 4.78 is 37.9. The molecule has 0 aliphatic carbocycles. The van der Waals surface area contributed by atoms with Gasteiger partial charge in [0, 0.05) is 6.54 Å². The molecule has 5 nitrogen and oxygen atoms in total. The fraction of sp³-hybridized carbons (Fsp3) is 0.538. The van der Waals surface area contributed by atoms with Crippen LogP contribution in [0.4, 0.5) is 19.0 Å². The van der Waals surface area contributed by atoms with E-state index in [1.54, 1.807) is 0 Å². The lowest BCUT2D eigenvalue weighted by Crippen LogP contribution is -2.19. The first-order valence-corrected chi connectivity index (χ1v) is 6.48. The molecule has 1 rings (SSSR count).